The van der Waals surface area contributed by atoms with Gasteiger partial charge in [-0.1, -0.05) is 6.42 Å². The molecule has 3 rings (SSSR count). The highest BCUT2D eigenvalue weighted by Crippen LogP contribution is 2.46. The van der Waals surface area contributed by atoms with E-state index in [2.05, 4.69) is 22.6 Å². The Labute approximate surface area is 113 Å². The van der Waals surface area contributed by atoms with Gasteiger partial charge in [-0.2, -0.15) is 0 Å². The summed E-state index contributed by atoms with van der Waals surface area (Å²) in [5, 5.41) is 7.10. The summed E-state index contributed by atoms with van der Waals surface area (Å²) >= 11 is 1.74. The van der Waals surface area contributed by atoms with Crippen molar-refractivity contribution in [1.82, 2.24) is 10.3 Å². The maximum absolute atomic E-state index is 5.53. The van der Waals surface area contributed by atoms with Crippen LogP contribution >= 0.6 is 11.3 Å². The maximum atomic E-state index is 5.53. The summed E-state index contributed by atoms with van der Waals surface area (Å²) in [5.74, 6) is 0. The Bertz CT molecular complexity index is 398. The molecule has 100 valence electrons. The zero-order valence-electron chi connectivity index (χ0n) is 11.1. The van der Waals surface area contributed by atoms with Crippen molar-refractivity contribution < 1.29 is 4.74 Å². The number of rotatable bonds is 3. The van der Waals surface area contributed by atoms with Gasteiger partial charge in [0.15, 0.2) is 0 Å². The topological polar surface area (TPSA) is 34.2 Å². The van der Waals surface area contributed by atoms with E-state index in [9.17, 15) is 0 Å². The van der Waals surface area contributed by atoms with Gasteiger partial charge in [-0.15, -0.1) is 11.3 Å². The van der Waals surface area contributed by atoms with Crippen molar-refractivity contribution in [3.63, 3.8) is 0 Å². The Morgan fingerprint density at radius 2 is 2.28 bits per heavy atom. The monoisotopic (exact) mass is 266 g/mol. The lowest BCUT2D eigenvalue weighted by Gasteiger charge is -2.39. The predicted octanol–water partition coefficient (Wildman–Crippen LogP) is 2.89. The number of nitrogens with one attached hydrogen (secondary N) is 1. The zero-order valence-corrected chi connectivity index (χ0v) is 11.9. The third-order valence-corrected chi connectivity index (χ3v) is 5.41. The lowest BCUT2D eigenvalue weighted by atomic mass is 9.75. The van der Waals surface area contributed by atoms with E-state index in [1.165, 1.54) is 42.8 Å². The molecule has 1 aliphatic carbocycles. The lowest BCUT2D eigenvalue weighted by molar-refractivity contribution is 0.00411. The molecule has 18 heavy (non-hydrogen) atoms. The highest BCUT2D eigenvalue weighted by Gasteiger charge is 2.43. The highest BCUT2D eigenvalue weighted by atomic mass is 32.1. The minimum Gasteiger partial charge on any atom is -0.381 e. The number of nitrogens with zero attached hydrogens (tertiary/aromatic N) is 1. The third kappa shape index (κ3) is 2.46. The molecule has 1 aromatic rings. The van der Waals surface area contributed by atoms with Crippen LogP contribution in [0.2, 0.25) is 0 Å². The van der Waals surface area contributed by atoms with E-state index in [-0.39, 0.29) is 0 Å². The van der Waals surface area contributed by atoms with E-state index < -0.39 is 0 Å². The van der Waals surface area contributed by atoms with Gasteiger partial charge >= 0.3 is 0 Å². The third-order valence-electron chi connectivity index (χ3n) is 4.59. The van der Waals surface area contributed by atoms with Crippen LogP contribution in [0.3, 0.4) is 0 Å². The van der Waals surface area contributed by atoms with Gasteiger partial charge in [0.05, 0.1) is 10.7 Å². The molecule has 1 atom stereocenters. The first-order chi connectivity index (χ1) is 8.78. The molecule has 1 spiro atoms. The van der Waals surface area contributed by atoms with Crippen LogP contribution in [0, 0.1) is 12.3 Å². The first kappa shape index (κ1) is 12.6. The molecule has 1 aromatic heterocycles. The molecule has 4 heteroatoms. The molecule has 1 saturated carbocycles. The molecule has 3 nitrogen and oxygen atoms in total. The summed E-state index contributed by atoms with van der Waals surface area (Å²) in [6.07, 6.45) is 6.54. The molecule has 0 bridgehead atoms. The second kappa shape index (κ2) is 5.27. The number of hydrogen-bond donors (Lipinski definition) is 1. The van der Waals surface area contributed by atoms with Crippen LogP contribution in [0.25, 0.3) is 0 Å². The molecule has 1 saturated heterocycles. The summed E-state index contributed by atoms with van der Waals surface area (Å²) in [4.78, 5) is 4.54. The summed E-state index contributed by atoms with van der Waals surface area (Å²) < 4.78 is 5.53. The maximum Gasteiger partial charge on any atom is 0.0897 e. The molecule has 1 unspecified atom stereocenters. The number of thiazole rings is 1. The van der Waals surface area contributed by atoms with Gasteiger partial charge in [0, 0.05) is 31.2 Å². The molecule has 2 aliphatic rings. The number of hydrogen-bond acceptors (Lipinski definition) is 4. The number of aryl methyl sites for hydroxylation is 1. The van der Waals surface area contributed by atoms with E-state index in [4.69, 9.17) is 4.74 Å². The second-order valence-electron chi connectivity index (χ2n) is 5.66. The van der Waals surface area contributed by atoms with E-state index >= 15 is 0 Å². The Morgan fingerprint density at radius 1 is 1.44 bits per heavy atom. The van der Waals surface area contributed by atoms with Crippen molar-refractivity contribution in [3.8, 4) is 0 Å². The summed E-state index contributed by atoms with van der Waals surface area (Å²) in [6, 6.07) is 0.670. The molecular formula is C14H22N2OS. The first-order valence-electron chi connectivity index (χ1n) is 7.01. The predicted molar refractivity (Wildman–Crippen MR) is 73.8 cm³/mol. The van der Waals surface area contributed by atoms with Gasteiger partial charge in [0.25, 0.3) is 0 Å². The van der Waals surface area contributed by atoms with Crippen LogP contribution in [0.1, 0.15) is 42.8 Å². The Morgan fingerprint density at radius 3 is 3.00 bits per heavy atom. The van der Waals surface area contributed by atoms with Gasteiger partial charge in [0.2, 0.25) is 0 Å². The molecule has 2 heterocycles. The smallest absolute Gasteiger partial charge is 0.0897 e. The van der Waals surface area contributed by atoms with Gasteiger partial charge in [-0.05, 0) is 38.0 Å². The van der Waals surface area contributed by atoms with Gasteiger partial charge in [0.1, 0.15) is 0 Å². The van der Waals surface area contributed by atoms with Crippen molar-refractivity contribution in [2.45, 2.75) is 51.6 Å². The molecule has 0 radical (unpaired) electrons. The SMILES string of the molecule is Cc1nc(CNC2CCCC23CCOCC3)cs1. The Hall–Kier alpha value is -0.450. The fourth-order valence-corrected chi connectivity index (χ4v) is 4.16. The fraction of sp³-hybridized carbons (Fsp3) is 0.786. The standard InChI is InChI=1S/C14H22N2OS/c1-11-16-12(10-18-11)9-15-13-3-2-4-14(13)5-7-17-8-6-14/h10,13,15H,2-9H2,1H3. The lowest BCUT2D eigenvalue weighted by Crippen LogP contribution is -2.44. The van der Waals surface area contributed by atoms with Gasteiger partial charge < -0.3 is 10.1 Å². The van der Waals surface area contributed by atoms with Crippen LogP contribution in [-0.2, 0) is 11.3 Å². The van der Waals surface area contributed by atoms with Crippen molar-refractivity contribution in [1.29, 1.82) is 0 Å². The van der Waals surface area contributed by atoms with E-state index in [0.29, 0.717) is 11.5 Å². The minimum absolute atomic E-state index is 0.517. The van der Waals surface area contributed by atoms with Gasteiger partial charge in [-0.3, -0.25) is 0 Å². The first-order valence-corrected chi connectivity index (χ1v) is 7.89. The molecule has 0 amide bonds. The van der Waals surface area contributed by atoms with Crippen LogP contribution in [0.4, 0.5) is 0 Å². The van der Waals surface area contributed by atoms with Crippen LogP contribution in [0.5, 0.6) is 0 Å². The average molecular weight is 266 g/mol. The molecule has 2 fully saturated rings. The van der Waals surface area contributed by atoms with Gasteiger partial charge in [-0.25, -0.2) is 4.98 Å². The second-order valence-corrected chi connectivity index (χ2v) is 6.72. The van der Waals surface area contributed by atoms with Crippen molar-refractivity contribution >= 4 is 11.3 Å². The number of ether oxygens (including phenoxy) is 1. The van der Waals surface area contributed by atoms with Crippen LogP contribution in [0.15, 0.2) is 5.38 Å². The summed E-state index contributed by atoms with van der Waals surface area (Å²) in [7, 11) is 0. The largest absolute Gasteiger partial charge is 0.381 e. The molecule has 1 aliphatic heterocycles. The van der Waals surface area contributed by atoms with E-state index in [1.807, 2.05) is 0 Å². The summed E-state index contributed by atoms with van der Waals surface area (Å²) in [6.45, 7) is 4.91. The van der Waals surface area contributed by atoms with E-state index in [0.717, 1.165) is 19.8 Å². The normalized spacial score (nSPS) is 26.8. The average Bonchev–Trinajstić information content (AvgIpc) is 2.95. The van der Waals surface area contributed by atoms with Crippen LogP contribution < -0.4 is 5.32 Å². The number of aromatic nitrogens is 1. The van der Waals surface area contributed by atoms with Crippen molar-refractivity contribution in [3.05, 3.63) is 16.1 Å². The molecule has 1 N–H and O–H groups in total. The fourth-order valence-electron chi connectivity index (χ4n) is 3.55. The Kier molecular flexibility index (Phi) is 3.68. The Balaban J connectivity index is 1.61. The zero-order chi connectivity index (χ0) is 12.4. The van der Waals surface area contributed by atoms with Crippen LogP contribution in [-0.4, -0.2) is 24.2 Å². The van der Waals surface area contributed by atoms with E-state index in [1.54, 1.807) is 11.3 Å². The van der Waals surface area contributed by atoms with Crippen molar-refractivity contribution in [2.75, 3.05) is 13.2 Å². The quantitative estimate of drug-likeness (QED) is 0.913. The highest BCUT2D eigenvalue weighted by molar-refractivity contribution is 7.09. The molecule has 0 aromatic carbocycles. The summed E-state index contributed by atoms with van der Waals surface area (Å²) in [5.41, 5.74) is 1.72. The minimum atomic E-state index is 0.517. The molecular weight excluding hydrogens is 244 g/mol. The van der Waals surface area contributed by atoms with Crippen molar-refractivity contribution in [2.24, 2.45) is 5.41 Å².